The molecular weight excluding hydrogens is 533 g/mol. The summed E-state index contributed by atoms with van der Waals surface area (Å²) in [7, 11) is -3.42. The van der Waals surface area contributed by atoms with Crippen LogP contribution in [0.15, 0.2) is 41.8 Å². The molecule has 3 aromatic heterocycles. The molecule has 1 aromatic carbocycles. The van der Waals surface area contributed by atoms with Gasteiger partial charge in [-0.05, 0) is 36.9 Å². The van der Waals surface area contributed by atoms with E-state index in [1.807, 2.05) is 48.7 Å². The Labute approximate surface area is 222 Å². The molecule has 196 valence electrons. The fourth-order valence-electron chi connectivity index (χ4n) is 4.48. The van der Waals surface area contributed by atoms with Gasteiger partial charge in [-0.1, -0.05) is 18.2 Å². The van der Waals surface area contributed by atoms with E-state index in [4.69, 9.17) is 9.97 Å². The Morgan fingerprint density at radius 1 is 1.08 bits per heavy atom. The van der Waals surface area contributed by atoms with Gasteiger partial charge in [-0.15, -0.1) is 22.7 Å². The van der Waals surface area contributed by atoms with Crippen LogP contribution >= 0.6 is 22.7 Å². The van der Waals surface area contributed by atoms with Crippen LogP contribution in [0.1, 0.15) is 17.0 Å². The van der Waals surface area contributed by atoms with Crippen LogP contribution < -0.4 is 15.4 Å². The highest BCUT2D eigenvalue weighted by atomic mass is 32.2. The van der Waals surface area contributed by atoms with E-state index >= 15 is 0 Å². The van der Waals surface area contributed by atoms with Gasteiger partial charge in [0.05, 0.1) is 46.4 Å². The molecule has 13 heteroatoms. The first-order valence-corrected chi connectivity index (χ1v) is 15.3. The Morgan fingerprint density at radius 3 is 2.62 bits per heavy atom. The van der Waals surface area contributed by atoms with E-state index in [-0.39, 0.29) is 6.54 Å². The number of sulfonamides is 1. The van der Waals surface area contributed by atoms with Crippen molar-refractivity contribution in [2.24, 2.45) is 5.92 Å². The average Bonchev–Trinajstić information content (AvgIpc) is 3.57. The van der Waals surface area contributed by atoms with Crippen LogP contribution in [-0.4, -0.2) is 64.6 Å². The average molecular weight is 561 g/mol. The van der Waals surface area contributed by atoms with E-state index in [2.05, 4.69) is 20.3 Å². The molecule has 5 rings (SSSR count). The van der Waals surface area contributed by atoms with Gasteiger partial charge in [0.1, 0.15) is 16.9 Å². The number of nitrogens with zero attached hydrogens (tertiary/aromatic N) is 3. The number of para-hydroxylation sites is 1. The van der Waals surface area contributed by atoms with Crippen molar-refractivity contribution < 1.29 is 18.6 Å². The van der Waals surface area contributed by atoms with Crippen molar-refractivity contribution in [1.29, 1.82) is 0 Å². The third-order valence-electron chi connectivity index (χ3n) is 6.33. The molecule has 0 spiro atoms. The summed E-state index contributed by atoms with van der Waals surface area (Å²) in [5.74, 6) is 0.474. The van der Waals surface area contributed by atoms with Gasteiger partial charge in [-0.3, -0.25) is 0 Å². The lowest BCUT2D eigenvalue weighted by atomic mass is 10.1. The lowest BCUT2D eigenvalue weighted by Gasteiger charge is -2.21. The van der Waals surface area contributed by atoms with Crippen LogP contribution in [-0.2, 0) is 16.6 Å². The molecule has 0 unspecified atom stereocenters. The molecule has 0 radical (unpaired) electrons. The van der Waals surface area contributed by atoms with Gasteiger partial charge < -0.3 is 20.8 Å². The van der Waals surface area contributed by atoms with Crippen LogP contribution in [0.25, 0.3) is 20.8 Å². The molecule has 0 amide bonds. The number of aryl methyl sites for hydroxylation is 1. The molecule has 0 saturated heterocycles. The van der Waals surface area contributed by atoms with Crippen LogP contribution in [0.3, 0.4) is 0 Å². The topological polar surface area (TPSA) is 149 Å². The summed E-state index contributed by atoms with van der Waals surface area (Å²) in [6, 6.07) is 11.3. The monoisotopic (exact) mass is 560 g/mol. The number of hydrogen-bond donors (Lipinski definition) is 5. The predicted octanol–water partition coefficient (Wildman–Crippen LogP) is 2.81. The van der Waals surface area contributed by atoms with Crippen molar-refractivity contribution in [3.8, 4) is 10.6 Å². The largest absolute Gasteiger partial charge is 0.390 e. The van der Waals surface area contributed by atoms with Crippen LogP contribution in [0.2, 0.25) is 0 Å². The summed E-state index contributed by atoms with van der Waals surface area (Å²) in [4.78, 5) is 15.4. The molecule has 5 N–H and O–H groups in total. The lowest BCUT2D eigenvalue weighted by Crippen LogP contribution is -2.37. The van der Waals surface area contributed by atoms with E-state index in [0.29, 0.717) is 30.4 Å². The maximum absolute atomic E-state index is 11.5. The van der Waals surface area contributed by atoms with E-state index < -0.39 is 34.2 Å². The molecule has 1 aliphatic carbocycles. The predicted molar refractivity (Wildman–Crippen MR) is 147 cm³/mol. The summed E-state index contributed by atoms with van der Waals surface area (Å²) in [6.45, 7) is 2.50. The van der Waals surface area contributed by atoms with Gasteiger partial charge in [-0.25, -0.2) is 23.1 Å². The fraction of sp³-hybridized carbons (Fsp3) is 0.375. The minimum atomic E-state index is -3.42. The highest BCUT2D eigenvalue weighted by Gasteiger charge is 2.42. The first-order valence-electron chi connectivity index (χ1n) is 11.8. The second kappa shape index (κ2) is 10.6. The number of thiazole rings is 1. The van der Waals surface area contributed by atoms with Crippen molar-refractivity contribution in [1.82, 2.24) is 19.7 Å². The molecule has 10 nitrogen and oxygen atoms in total. The van der Waals surface area contributed by atoms with Crippen molar-refractivity contribution in [2.75, 3.05) is 23.4 Å². The van der Waals surface area contributed by atoms with E-state index in [1.54, 1.807) is 11.3 Å². The van der Waals surface area contributed by atoms with Crippen LogP contribution in [0.4, 0.5) is 11.8 Å². The van der Waals surface area contributed by atoms with Crippen LogP contribution in [0.5, 0.6) is 0 Å². The number of benzene rings is 1. The molecule has 0 aliphatic heterocycles. The Morgan fingerprint density at radius 2 is 1.89 bits per heavy atom. The Hall–Kier alpha value is -2.68. The fourth-order valence-corrected chi connectivity index (χ4v) is 6.70. The molecule has 3 heterocycles. The van der Waals surface area contributed by atoms with Crippen molar-refractivity contribution in [3.05, 3.63) is 52.3 Å². The first kappa shape index (κ1) is 25.9. The number of aromatic nitrogens is 3. The first-order chi connectivity index (χ1) is 17.7. The molecule has 1 saturated carbocycles. The second-order valence-corrected chi connectivity index (χ2v) is 13.0. The number of anilines is 2. The normalized spacial score (nSPS) is 21.9. The molecule has 37 heavy (non-hydrogen) atoms. The minimum absolute atomic E-state index is 0.0381. The van der Waals surface area contributed by atoms with Crippen molar-refractivity contribution >= 4 is 54.7 Å². The summed E-state index contributed by atoms with van der Waals surface area (Å²) in [5, 5.41) is 30.7. The smallest absolute Gasteiger partial charge is 0.225 e. The van der Waals surface area contributed by atoms with Gasteiger partial charge in [0.25, 0.3) is 0 Å². The molecule has 4 aromatic rings. The Bertz CT molecular complexity index is 1460. The van der Waals surface area contributed by atoms with Crippen molar-refractivity contribution in [2.45, 2.75) is 38.1 Å². The highest BCUT2D eigenvalue weighted by Crippen LogP contribution is 2.38. The Balaban J connectivity index is 1.46. The zero-order valence-electron chi connectivity index (χ0n) is 20.2. The number of thiophene rings is 1. The highest BCUT2D eigenvalue weighted by molar-refractivity contribution is 7.88. The molecule has 1 fully saturated rings. The number of aliphatic hydroxyl groups is 2. The summed E-state index contributed by atoms with van der Waals surface area (Å²) >= 11 is 3.16. The summed E-state index contributed by atoms with van der Waals surface area (Å²) in [6.07, 6.45) is -0.769. The van der Waals surface area contributed by atoms with Crippen molar-refractivity contribution in [3.63, 3.8) is 0 Å². The van der Waals surface area contributed by atoms with Gasteiger partial charge in [0, 0.05) is 17.3 Å². The maximum Gasteiger partial charge on any atom is 0.225 e. The number of nitrogens with one attached hydrogen (secondary N) is 3. The molecular formula is C24H28N6O4S3. The maximum atomic E-state index is 11.5. The van der Waals surface area contributed by atoms with E-state index in [0.717, 1.165) is 31.9 Å². The second-order valence-electron chi connectivity index (χ2n) is 9.12. The standard InChI is InChI=1S/C24H28N6O4S3/c1-13-19(23-29-16-7-3-4-8-18(16)36-23)22(30-24(27-13)25-12-15-6-5-9-35-15)28-17-10-14(20(31)21(17)32)11-26-37(2,33)34/h3-9,14,17,20-21,26,31-32H,10-12H2,1-2H3,(H2,25,27,28,30)/t14-,17-,20-,21+/m1/s1. The van der Waals surface area contributed by atoms with E-state index in [1.165, 1.54) is 11.3 Å². The number of aliphatic hydroxyl groups excluding tert-OH is 2. The molecule has 4 atom stereocenters. The summed E-state index contributed by atoms with van der Waals surface area (Å²) < 4.78 is 26.6. The third-order valence-corrected chi connectivity index (χ3v) is 8.95. The minimum Gasteiger partial charge on any atom is -0.390 e. The van der Waals surface area contributed by atoms with Gasteiger partial charge in [0.2, 0.25) is 16.0 Å². The quantitative estimate of drug-likeness (QED) is 0.208. The van der Waals surface area contributed by atoms with Gasteiger partial charge >= 0.3 is 0 Å². The zero-order valence-corrected chi connectivity index (χ0v) is 22.7. The SMILES string of the molecule is Cc1nc(NCc2cccs2)nc(N[C@@H]2C[C@H](CNS(C)(=O)=O)[C@@H](O)[C@H]2O)c1-c1nc2ccccc2s1. The van der Waals surface area contributed by atoms with E-state index in [9.17, 15) is 18.6 Å². The lowest BCUT2D eigenvalue weighted by molar-refractivity contribution is 0.0185. The summed E-state index contributed by atoms with van der Waals surface area (Å²) in [5.41, 5.74) is 2.31. The Kier molecular flexibility index (Phi) is 7.43. The molecule has 1 aliphatic rings. The third kappa shape index (κ3) is 5.92. The number of rotatable bonds is 9. The molecule has 0 bridgehead atoms. The van der Waals surface area contributed by atoms with Crippen LogP contribution in [0, 0.1) is 12.8 Å². The van der Waals surface area contributed by atoms with Gasteiger partial charge in [0.15, 0.2) is 0 Å². The number of fused-ring (bicyclic) bond motifs is 1. The zero-order chi connectivity index (χ0) is 26.2. The number of hydrogen-bond acceptors (Lipinski definition) is 11. The van der Waals surface area contributed by atoms with Gasteiger partial charge in [-0.2, -0.15) is 4.98 Å².